The predicted octanol–water partition coefficient (Wildman–Crippen LogP) is 6.21. The normalized spacial score (nSPS) is 15.6. The van der Waals surface area contributed by atoms with Crippen LogP contribution in [0.5, 0.6) is 5.75 Å². The van der Waals surface area contributed by atoms with Crippen molar-refractivity contribution < 1.29 is 19.1 Å². The van der Waals surface area contributed by atoms with E-state index in [0.29, 0.717) is 29.9 Å². The smallest absolute Gasteiger partial charge is 0.407 e. The number of imidazole rings is 1. The quantitative estimate of drug-likeness (QED) is 0.245. The molecular weight excluding hydrogens is 550 g/mol. The Bertz CT molecular complexity index is 1740. The molecule has 2 aromatic carbocycles. The fourth-order valence-electron chi connectivity index (χ4n) is 5.85. The SMILES string of the molecule is CCn1c(-c2nc3cc(C(=O)N4CCCC[C@@H](NC(=O)OCc5ccccc5)C4)cc(OC)c3n2C)cc2ccsc21. The lowest BCUT2D eigenvalue weighted by Crippen LogP contribution is -2.44. The van der Waals surface area contributed by atoms with Gasteiger partial charge in [0.25, 0.3) is 5.91 Å². The monoisotopic (exact) mass is 585 g/mol. The van der Waals surface area contributed by atoms with Crippen LogP contribution >= 0.6 is 11.3 Å². The van der Waals surface area contributed by atoms with Gasteiger partial charge in [-0.3, -0.25) is 4.79 Å². The van der Waals surface area contributed by atoms with Gasteiger partial charge in [-0.1, -0.05) is 30.3 Å². The second kappa shape index (κ2) is 11.9. The fourth-order valence-corrected chi connectivity index (χ4v) is 6.81. The molecule has 4 heterocycles. The van der Waals surface area contributed by atoms with Crippen molar-refractivity contribution in [3.05, 3.63) is 71.1 Å². The predicted molar refractivity (Wildman–Crippen MR) is 165 cm³/mol. The van der Waals surface area contributed by atoms with Crippen LogP contribution in [-0.4, -0.2) is 57.3 Å². The molecule has 0 unspecified atom stereocenters. The van der Waals surface area contributed by atoms with E-state index in [1.807, 2.05) is 52.9 Å². The van der Waals surface area contributed by atoms with E-state index in [1.165, 1.54) is 10.2 Å². The van der Waals surface area contributed by atoms with E-state index in [2.05, 4.69) is 34.3 Å². The van der Waals surface area contributed by atoms with Gasteiger partial charge < -0.3 is 28.8 Å². The molecule has 5 aromatic rings. The number of amides is 2. The first kappa shape index (κ1) is 27.8. The zero-order chi connectivity index (χ0) is 29.2. The number of fused-ring (bicyclic) bond motifs is 2. The van der Waals surface area contributed by atoms with Crippen LogP contribution < -0.4 is 10.1 Å². The Morgan fingerprint density at radius 3 is 2.74 bits per heavy atom. The van der Waals surface area contributed by atoms with Crippen molar-refractivity contribution in [1.29, 1.82) is 0 Å². The highest BCUT2D eigenvalue weighted by Gasteiger charge is 2.27. The van der Waals surface area contributed by atoms with Crippen LogP contribution in [0.1, 0.15) is 42.1 Å². The summed E-state index contributed by atoms with van der Waals surface area (Å²) >= 11 is 1.72. The van der Waals surface area contributed by atoms with Crippen molar-refractivity contribution in [2.75, 3.05) is 20.2 Å². The summed E-state index contributed by atoms with van der Waals surface area (Å²) in [4.78, 5) is 34.4. The number of carbonyl (C=O) groups is 2. The zero-order valence-corrected chi connectivity index (χ0v) is 24.9. The number of hydrogen-bond donors (Lipinski definition) is 1. The third kappa shape index (κ3) is 5.34. The Morgan fingerprint density at radius 1 is 1.12 bits per heavy atom. The number of nitrogens with one attached hydrogen (secondary N) is 1. The summed E-state index contributed by atoms with van der Waals surface area (Å²) in [6, 6.07) is 17.3. The number of carbonyl (C=O) groups excluding carboxylic acids is 2. The first-order valence-electron chi connectivity index (χ1n) is 14.3. The molecule has 3 aromatic heterocycles. The lowest BCUT2D eigenvalue weighted by atomic mass is 10.1. The Hall–Kier alpha value is -4.31. The van der Waals surface area contributed by atoms with Crippen molar-refractivity contribution in [2.45, 2.75) is 45.4 Å². The zero-order valence-electron chi connectivity index (χ0n) is 24.1. The maximum atomic E-state index is 13.8. The lowest BCUT2D eigenvalue weighted by Gasteiger charge is -2.25. The van der Waals surface area contributed by atoms with E-state index in [4.69, 9.17) is 14.5 Å². The van der Waals surface area contributed by atoms with Crippen molar-refractivity contribution in [2.24, 2.45) is 7.05 Å². The number of likely N-dealkylation sites (tertiary alicyclic amines) is 1. The highest BCUT2D eigenvalue weighted by Crippen LogP contribution is 2.35. The first-order valence-corrected chi connectivity index (χ1v) is 15.2. The molecule has 2 amide bonds. The van der Waals surface area contributed by atoms with Crippen LogP contribution in [0.2, 0.25) is 0 Å². The number of nitrogens with zero attached hydrogens (tertiary/aromatic N) is 4. The Morgan fingerprint density at radius 2 is 1.95 bits per heavy atom. The number of hydrogen-bond acceptors (Lipinski definition) is 6. The summed E-state index contributed by atoms with van der Waals surface area (Å²) in [7, 11) is 3.60. The average molecular weight is 586 g/mol. The number of ether oxygens (including phenoxy) is 2. The standard InChI is InChI=1S/C32H35N5O4S/c1-4-37-26(17-22-13-15-42-31(22)37)29-34-25-16-23(18-27(40-3)28(25)35(29)2)30(38)36-14-9-8-12-24(19-36)33-32(39)41-20-21-10-6-5-7-11-21/h5-7,10-11,13,15-18,24H,4,8-9,12,14,19-20H2,1-3H3,(H,33,39)/t24-/m1/s1. The third-order valence-corrected chi connectivity index (χ3v) is 8.89. The number of thiophene rings is 1. The maximum absolute atomic E-state index is 13.8. The van der Waals surface area contributed by atoms with Crippen LogP contribution in [0.25, 0.3) is 32.8 Å². The van der Waals surface area contributed by atoms with E-state index in [0.717, 1.165) is 48.4 Å². The van der Waals surface area contributed by atoms with Gasteiger partial charge in [0.15, 0.2) is 5.82 Å². The number of methoxy groups -OCH3 is 1. The van der Waals surface area contributed by atoms with Gasteiger partial charge in [-0.2, -0.15) is 0 Å². The molecular formula is C32H35N5O4S. The molecule has 6 rings (SSSR count). The number of benzene rings is 2. The average Bonchev–Trinajstić information content (AvgIpc) is 3.64. The summed E-state index contributed by atoms with van der Waals surface area (Å²) < 4.78 is 15.5. The van der Waals surface area contributed by atoms with E-state index in [9.17, 15) is 9.59 Å². The summed E-state index contributed by atoms with van der Waals surface area (Å²) in [6.45, 7) is 4.19. The van der Waals surface area contributed by atoms with Gasteiger partial charge in [-0.15, -0.1) is 11.3 Å². The second-order valence-corrected chi connectivity index (χ2v) is 11.5. The molecule has 9 nitrogen and oxygen atoms in total. The minimum absolute atomic E-state index is 0.105. The van der Waals surface area contributed by atoms with E-state index >= 15 is 0 Å². The lowest BCUT2D eigenvalue weighted by molar-refractivity contribution is 0.0743. The van der Waals surface area contributed by atoms with E-state index < -0.39 is 6.09 Å². The number of aromatic nitrogens is 3. The van der Waals surface area contributed by atoms with Crippen molar-refractivity contribution in [3.8, 4) is 17.3 Å². The number of alkyl carbamates (subject to hydrolysis) is 1. The molecule has 0 radical (unpaired) electrons. The molecule has 1 aliphatic heterocycles. The van der Waals surface area contributed by atoms with E-state index in [-0.39, 0.29) is 18.6 Å². The Kier molecular flexibility index (Phi) is 7.88. The van der Waals surface area contributed by atoms with E-state index in [1.54, 1.807) is 24.5 Å². The fraction of sp³-hybridized carbons (Fsp3) is 0.344. The molecule has 1 aliphatic rings. The molecule has 218 valence electrons. The third-order valence-electron chi connectivity index (χ3n) is 7.94. The topological polar surface area (TPSA) is 90.6 Å². The Labute approximate surface area is 248 Å². The molecule has 1 fully saturated rings. The molecule has 1 saturated heterocycles. The Balaban J connectivity index is 1.23. The van der Waals surface area contributed by atoms with Gasteiger partial charge in [0.2, 0.25) is 0 Å². The molecule has 10 heteroatoms. The van der Waals surface area contributed by atoms with Gasteiger partial charge >= 0.3 is 6.09 Å². The van der Waals surface area contributed by atoms with Crippen LogP contribution in [0.15, 0.2) is 60.0 Å². The molecule has 1 N–H and O–H groups in total. The largest absolute Gasteiger partial charge is 0.494 e. The van der Waals surface area contributed by atoms with Crippen LogP contribution in [-0.2, 0) is 24.9 Å². The minimum Gasteiger partial charge on any atom is -0.494 e. The van der Waals surface area contributed by atoms with Gasteiger partial charge in [-0.25, -0.2) is 9.78 Å². The summed E-state index contributed by atoms with van der Waals surface area (Å²) in [5.41, 5.74) is 4.02. The van der Waals surface area contributed by atoms with Crippen molar-refractivity contribution in [1.82, 2.24) is 24.3 Å². The summed E-state index contributed by atoms with van der Waals surface area (Å²) in [5, 5.41) is 6.27. The summed E-state index contributed by atoms with van der Waals surface area (Å²) in [5.74, 6) is 1.32. The molecule has 0 spiro atoms. The molecule has 0 saturated carbocycles. The molecule has 42 heavy (non-hydrogen) atoms. The van der Waals surface area contributed by atoms with Crippen LogP contribution in [0.3, 0.4) is 0 Å². The molecule has 0 bridgehead atoms. The number of rotatable bonds is 7. The van der Waals surface area contributed by atoms with Crippen molar-refractivity contribution in [3.63, 3.8) is 0 Å². The summed E-state index contributed by atoms with van der Waals surface area (Å²) in [6.07, 6.45) is 2.08. The minimum atomic E-state index is -0.473. The van der Waals surface area contributed by atoms with Crippen LogP contribution in [0.4, 0.5) is 4.79 Å². The highest BCUT2D eigenvalue weighted by atomic mass is 32.1. The van der Waals surface area contributed by atoms with Gasteiger partial charge in [0.05, 0.1) is 18.3 Å². The molecule has 1 atom stereocenters. The second-order valence-electron chi connectivity index (χ2n) is 10.6. The van der Waals surface area contributed by atoms with Crippen LogP contribution in [0, 0.1) is 0 Å². The highest BCUT2D eigenvalue weighted by molar-refractivity contribution is 7.16. The van der Waals surface area contributed by atoms with Gasteiger partial charge in [0, 0.05) is 43.7 Å². The number of aryl methyl sites for hydroxylation is 2. The van der Waals surface area contributed by atoms with Gasteiger partial charge in [-0.05, 0) is 61.4 Å². The van der Waals surface area contributed by atoms with Gasteiger partial charge in [0.1, 0.15) is 22.7 Å². The maximum Gasteiger partial charge on any atom is 0.407 e. The van der Waals surface area contributed by atoms with Crippen molar-refractivity contribution >= 4 is 44.6 Å². The molecule has 0 aliphatic carbocycles. The first-order chi connectivity index (χ1) is 20.5.